The van der Waals surface area contributed by atoms with Gasteiger partial charge in [0, 0.05) is 31.7 Å². The molecule has 1 atom stereocenters. The van der Waals surface area contributed by atoms with Crippen LogP contribution in [-0.2, 0) is 4.74 Å². The van der Waals surface area contributed by atoms with Gasteiger partial charge in [-0.05, 0) is 70.3 Å². The fourth-order valence-electron chi connectivity index (χ4n) is 4.39. The van der Waals surface area contributed by atoms with Gasteiger partial charge in [0.25, 0.3) is 5.91 Å². The van der Waals surface area contributed by atoms with E-state index in [-0.39, 0.29) is 30.0 Å². The van der Waals surface area contributed by atoms with Crippen molar-refractivity contribution in [3.63, 3.8) is 0 Å². The number of piperidine rings is 1. The maximum Gasteiger partial charge on any atom is 0.253 e. The van der Waals surface area contributed by atoms with Crippen LogP contribution in [0.2, 0.25) is 0 Å². The van der Waals surface area contributed by atoms with E-state index >= 15 is 0 Å². The second-order valence-electron chi connectivity index (χ2n) is 8.60. The number of ether oxygens (including phenoxy) is 2. The molecule has 2 aliphatic heterocycles. The first-order valence-corrected chi connectivity index (χ1v) is 10.8. The van der Waals surface area contributed by atoms with E-state index in [0.29, 0.717) is 6.10 Å². The van der Waals surface area contributed by atoms with Crippen molar-refractivity contribution in [2.24, 2.45) is 0 Å². The summed E-state index contributed by atoms with van der Waals surface area (Å²) in [5, 5.41) is 0. The number of benzene rings is 1. The van der Waals surface area contributed by atoms with E-state index in [2.05, 4.69) is 18.7 Å². The molecule has 0 radical (unpaired) electrons. The lowest BCUT2D eigenvalue weighted by atomic mass is 9.88. The molecule has 29 heavy (non-hydrogen) atoms. The molecule has 1 amide bonds. The minimum Gasteiger partial charge on any atom is -0.491 e. The van der Waals surface area contributed by atoms with Crippen molar-refractivity contribution in [3.05, 3.63) is 29.3 Å². The van der Waals surface area contributed by atoms with Gasteiger partial charge in [0.05, 0.1) is 17.8 Å². The van der Waals surface area contributed by atoms with Crippen LogP contribution in [0.15, 0.2) is 18.2 Å². The Hall–Kier alpha value is -1.30. The molecule has 1 aromatic carbocycles. The number of carbonyl (C=O) groups is 1. The SMILES string of the molecule is CCC1CN(CC)CC2(CCN(C(=O)c3ccc(OC(C)C)c(C)c3)CC2)O1.Cl. The first kappa shape index (κ1) is 24.0. The summed E-state index contributed by atoms with van der Waals surface area (Å²) in [4.78, 5) is 17.5. The molecule has 2 aliphatic rings. The summed E-state index contributed by atoms with van der Waals surface area (Å²) >= 11 is 0. The molecule has 2 heterocycles. The number of halogens is 1. The highest BCUT2D eigenvalue weighted by molar-refractivity contribution is 5.94. The number of carbonyl (C=O) groups excluding carboxylic acids is 1. The molecular weight excluding hydrogens is 388 g/mol. The molecule has 1 unspecified atom stereocenters. The average molecular weight is 425 g/mol. The molecule has 0 saturated carbocycles. The van der Waals surface area contributed by atoms with Gasteiger partial charge in [-0.25, -0.2) is 0 Å². The van der Waals surface area contributed by atoms with Gasteiger partial charge in [-0.3, -0.25) is 9.69 Å². The molecule has 0 bridgehead atoms. The van der Waals surface area contributed by atoms with Crippen LogP contribution in [-0.4, -0.2) is 66.2 Å². The number of nitrogens with zero attached hydrogens (tertiary/aromatic N) is 2. The van der Waals surface area contributed by atoms with Gasteiger partial charge in [0.2, 0.25) is 0 Å². The normalized spacial score (nSPS) is 21.9. The van der Waals surface area contributed by atoms with Crippen LogP contribution in [0, 0.1) is 6.92 Å². The maximum absolute atomic E-state index is 13.0. The van der Waals surface area contributed by atoms with Gasteiger partial charge in [0.1, 0.15) is 5.75 Å². The molecule has 2 fully saturated rings. The van der Waals surface area contributed by atoms with Crippen molar-refractivity contribution in [2.75, 3.05) is 32.7 Å². The molecule has 2 saturated heterocycles. The Morgan fingerprint density at radius 3 is 2.52 bits per heavy atom. The number of likely N-dealkylation sites (N-methyl/N-ethyl adjacent to an activating group) is 1. The Morgan fingerprint density at radius 2 is 1.97 bits per heavy atom. The van der Waals surface area contributed by atoms with Crippen molar-refractivity contribution >= 4 is 18.3 Å². The fraction of sp³-hybridized carbons (Fsp3) is 0.696. The van der Waals surface area contributed by atoms with Crippen molar-refractivity contribution in [2.45, 2.75) is 71.7 Å². The van der Waals surface area contributed by atoms with Gasteiger partial charge < -0.3 is 14.4 Å². The summed E-state index contributed by atoms with van der Waals surface area (Å²) in [7, 11) is 0. The molecule has 1 spiro atoms. The van der Waals surface area contributed by atoms with Crippen LogP contribution >= 0.6 is 12.4 Å². The summed E-state index contributed by atoms with van der Waals surface area (Å²) in [6.07, 6.45) is 3.32. The molecule has 6 heteroatoms. The third kappa shape index (κ3) is 5.65. The molecule has 0 N–H and O–H groups in total. The van der Waals surface area contributed by atoms with Crippen LogP contribution < -0.4 is 4.74 Å². The monoisotopic (exact) mass is 424 g/mol. The third-order valence-corrected chi connectivity index (χ3v) is 6.04. The number of likely N-dealkylation sites (tertiary alicyclic amines) is 1. The number of aryl methyl sites for hydroxylation is 1. The largest absolute Gasteiger partial charge is 0.491 e. The molecule has 1 aromatic rings. The van der Waals surface area contributed by atoms with Crippen LogP contribution in [0.1, 0.15) is 62.9 Å². The summed E-state index contributed by atoms with van der Waals surface area (Å²) in [6.45, 7) is 15.0. The molecular formula is C23H37ClN2O3. The smallest absolute Gasteiger partial charge is 0.253 e. The van der Waals surface area contributed by atoms with Crippen molar-refractivity contribution in [1.82, 2.24) is 9.80 Å². The van der Waals surface area contributed by atoms with Gasteiger partial charge in [-0.15, -0.1) is 12.4 Å². The second kappa shape index (κ2) is 10.1. The van der Waals surface area contributed by atoms with Crippen LogP contribution in [0.3, 0.4) is 0 Å². The first-order valence-electron chi connectivity index (χ1n) is 10.8. The van der Waals surface area contributed by atoms with Gasteiger partial charge in [-0.1, -0.05) is 13.8 Å². The minimum atomic E-state index is -0.0867. The number of amides is 1. The number of hydrogen-bond donors (Lipinski definition) is 0. The van der Waals surface area contributed by atoms with E-state index < -0.39 is 0 Å². The second-order valence-corrected chi connectivity index (χ2v) is 8.60. The Labute approximate surface area is 182 Å². The summed E-state index contributed by atoms with van der Waals surface area (Å²) in [6, 6.07) is 5.76. The minimum absolute atomic E-state index is 0. The zero-order valence-corrected chi connectivity index (χ0v) is 19.4. The maximum atomic E-state index is 13.0. The van der Waals surface area contributed by atoms with Gasteiger partial charge in [-0.2, -0.15) is 0 Å². The standard InChI is InChI=1S/C23H36N2O3.ClH/c1-6-20-15-24(7-2)16-23(28-20)10-12-25(13-11-23)22(26)19-8-9-21(18(5)14-19)27-17(3)4;/h8-9,14,17,20H,6-7,10-13,15-16H2,1-5H3;1H. The molecule has 0 aliphatic carbocycles. The van der Waals surface area contributed by atoms with E-state index in [0.717, 1.165) is 68.9 Å². The van der Waals surface area contributed by atoms with Gasteiger partial charge in [0.15, 0.2) is 0 Å². The van der Waals surface area contributed by atoms with E-state index in [1.807, 2.05) is 43.9 Å². The van der Waals surface area contributed by atoms with Crippen molar-refractivity contribution in [1.29, 1.82) is 0 Å². The van der Waals surface area contributed by atoms with Crippen LogP contribution in [0.4, 0.5) is 0 Å². The lowest BCUT2D eigenvalue weighted by molar-refractivity contribution is -0.172. The van der Waals surface area contributed by atoms with E-state index in [1.54, 1.807) is 0 Å². The number of rotatable bonds is 5. The highest BCUT2D eigenvalue weighted by Gasteiger charge is 2.43. The Bertz CT molecular complexity index is 673. The lowest BCUT2D eigenvalue weighted by Crippen LogP contribution is -2.59. The molecule has 164 valence electrons. The molecule has 3 rings (SSSR count). The highest BCUT2D eigenvalue weighted by atomic mass is 35.5. The number of morpholine rings is 1. The van der Waals surface area contributed by atoms with Gasteiger partial charge >= 0.3 is 0 Å². The van der Waals surface area contributed by atoms with Crippen molar-refractivity contribution in [3.8, 4) is 5.75 Å². The Balaban J connectivity index is 0.00000300. The molecule has 5 nitrogen and oxygen atoms in total. The predicted molar refractivity (Wildman–Crippen MR) is 119 cm³/mol. The number of hydrogen-bond acceptors (Lipinski definition) is 4. The summed E-state index contributed by atoms with van der Waals surface area (Å²) < 4.78 is 12.3. The van der Waals surface area contributed by atoms with E-state index in [1.165, 1.54) is 0 Å². The summed E-state index contributed by atoms with van der Waals surface area (Å²) in [5.74, 6) is 0.967. The highest BCUT2D eigenvalue weighted by Crippen LogP contribution is 2.33. The van der Waals surface area contributed by atoms with E-state index in [4.69, 9.17) is 9.47 Å². The summed E-state index contributed by atoms with van der Waals surface area (Å²) in [5.41, 5.74) is 1.67. The average Bonchev–Trinajstić information content (AvgIpc) is 2.68. The lowest BCUT2D eigenvalue weighted by Gasteiger charge is -2.50. The van der Waals surface area contributed by atoms with Crippen LogP contribution in [0.25, 0.3) is 0 Å². The zero-order valence-electron chi connectivity index (χ0n) is 18.6. The van der Waals surface area contributed by atoms with Crippen LogP contribution in [0.5, 0.6) is 5.75 Å². The first-order chi connectivity index (χ1) is 13.4. The Morgan fingerprint density at radius 1 is 1.28 bits per heavy atom. The fourth-order valence-corrected chi connectivity index (χ4v) is 4.39. The quantitative estimate of drug-likeness (QED) is 0.706. The van der Waals surface area contributed by atoms with E-state index in [9.17, 15) is 4.79 Å². The third-order valence-electron chi connectivity index (χ3n) is 6.04. The Kier molecular flexibility index (Phi) is 8.38. The molecule has 0 aromatic heterocycles. The topological polar surface area (TPSA) is 42.0 Å². The predicted octanol–water partition coefficient (Wildman–Crippen LogP) is 4.31. The van der Waals surface area contributed by atoms with Crippen molar-refractivity contribution < 1.29 is 14.3 Å². The zero-order chi connectivity index (χ0) is 20.3.